The molecule has 2 saturated heterocycles. The summed E-state index contributed by atoms with van der Waals surface area (Å²) in [4.78, 5) is 0. The van der Waals surface area contributed by atoms with Crippen molar-refractivity contribution in [3.05, 3.63) is 0 Å². The van der Waals surface area contributed by atoms with Crippen molar-refractivity contribution in [3.63, 3.8) is 0 Å². The topological polar surface area (TPSA) is 42.5 Å². The van der Waals surface area contributed by atoms with E-state index in [4.69, 9.17) is 9.47 Å². The van der Waals surface area contributed by atoms with Crippen LogP contribution in [-0.4, -0.2) is 52.6 Å². The van der Waals surface area contributed by atoms with E-state index in [1.165, 1.54) is 0 Å². The number of nitrogens with one attached hydrogen (secondary N) is 2. The lowest BCUT2D eigenvalue weighted by atomic mass is 10.5. The van der Waals surface area contributed by atoms with Crippen molar-refractivity contribution in [2.75, 3.05) is 52.6 Å². The minimum atomic E-state index is 0. The minimum absolute atomic E-state index is 0. The lowest BCUT2D eigenvalue weighted by Gasteiger charge is -2.10. The number of halogens is 1. The fraction of sp³-hybridized carbons (Fsp3) is 1.00. The summed E-state index contributed by atoms with van der Waals surface area (Å²) in [6, 6.07) is 0. The maximum Gasteiger partial charge on any atom is 0.0591 e. The van der Waals surface area contributed by atoms with Crippen molar-refractivity contribution in [2.45, 2.75) is 0 Å². The molecule has 0 unspecified atom stereocenters. The predicted molar refractivity (Wildman–Crippen MR) is 57.7 cm³/mol. The molecule has 2 rings (SSSR count). The minimum Gasteiger partial charge on any atom is -0.379 e. The molecule has 2 aliphatic heterocycles. The van der Waals surface area contributed by atoms with Crippen molar-refractivity contribution >= 4 is 17.0 Å². The molecule has 2 fully saturated rings. The van der Waals surface area contributed by atoms with Gasteiger partial charge in [0.15, 0.2) is 0 Å². The van der Waals surface area contributed by atoms with Crippen LogP contribution in [0.5, 0.6) is 0 Å². The summed E-state index contributed by atoms with van der Waals surface area (Å²) in [6.07, 6.45) is 0. The van der Waals surface area contributed by atoms with Gasteiger partial charge in [-0.25, -0.2) is 0 Å². The van der Waals surface area contributed by atoms with E-state index in [2.05, 4.69) is 10.6 Å². The van der Waals surface area contributed by atoms with Crippen LogP contribution in [0.25, 0.3) is 0 Å². The van der Waals surface area contributed by atoms with E-state index in [9.17, 15) is 0 Å². The van der Waals surface area contributed by atoms with Gasteiger partial charge in [0, 0.05) is 26.2 Å². The number of rotatable bonds is 0. The summed E-state index contributed by atoms with van der Waals surface area (Å²) >= 11 is 0. The van der Waals surface area contributed by atoms with Crippen LogP contribution >= 0.6 is 17.0 Å². The molecule has 0 aromatic rings. The van der Waals surface area contributed by atoms with Gasteiger partial charge in [-0.1, -0.05) is 0 Å². The van der Waals surface area contributed by atoms with Crippen LogP contribution in [0.1, 0.15) is 0 Å². The van der Waals surface area contributed by atoms with Crippen LogP contribution in [0.2, 0.25) is 0 Å². The van der Waals surface area contributed by atoms with Gasteiger partial charge < -0.3 is 20.1 Å². The SMILES string of the molecule is Br.C1COCCN1.C1COCCN1. The zero-order chi connectivity index (χ0) is 8.49. The van der Waals surface area contributed by atoms with Crippen LogP contribution in [0.3, 0.4) is 0 Å². The number of hydrogen-bond acceptors (Lipinski definition) is 4. The first-order chi connectivity index (χ1) is 6.00. The molecule has 13 heavy (non-hydrogen) atoms. The Hall–Kier alpha value is 0.320. The van der Waals surface area contributed by atoms with Gasteiger partial charge in [0.2, 0.25) is 0 Å². The Morgan fingerprint density at radius 2 is 0.923 bits per heavy atom. The highest BCUT2D eigenvalue weighted by Crippen LogP contribution is 1.77. The molecule has 2 aliphatic rings. The van der Waals surface area contributed by atoms with Crippen LogP contribution in [0.15, 0.2) is 0 Å². The molecule has 0 aromatic heterocycles. The third-order valence-corrected chi connectivity index (χ3v) is 1.69. The fourth-order valence-electron chi connectivity index (χ4n) is 1.03. The van der Waals surface area contributed by atoms with E-state index >= 15 is 0 Å². The molecule has 0 spiro atoms. The molecule has 80 valence electrons. The second-order valence-corrected chi connectivity index (χ2v) is 2.72. The second-order valence-electron chi connectivity index (χ2n) is 2.72. The molecule has 0 bridgehead atoms. The normalized spacial score (nSPS) is 22.2. The highest BCUT2D eigenvalue weighted by atomic mass is 79.9. The van der Waals surface area contributed by atoms with Gasteiger partial charge >= 0.3 is 0 Å². The first-order valence-electron chi connectivity index (χ1n) is 4.57. The predicted octanol–water partition coefficient (Wildman–Crippen LogP) is -0.210. The van der Waals surface area contributed by atoms with Crippen molar-refractivity contribution in [1.29, 1.82) is 0 Å². The lowest BCUT2D eigenvalue weighted by Crippen LogP contribution is -2.30. The number of hydrogen-bond donors (Lipinski definition) is 2. The van der Waals surface area contributed by atoms with E-state index in [1.54, 1.807) is 0 Å². The quantitative estimate of drug-likeness (QED) is 0.628. The zero-order valence-electron chi connectivity index (χ0n) is 7.88. The van der Waals surface area contributed by atoms with Gasteiger partial charge in [-0.2, -0.15) is 0 Å². The molecule has 2 heterocycles. The van der Waals surface area contributed by atoms with Gasteiger partial charge in [-0.05, 0) is 0 Å². The Balaban J connectivity index is 0.000000206. The van der Waals surface area contributed by atoms with Crippen LogP contribution in [0, 0.1) is 0 Å². The first-order valence-corrected chi connectivity index (χ1v) is 4.57. The average molecular weight is 255 g/mol. The third-order valence-electron chi connectivity index (χ3n) is 1.69. The van der Waals surface area contributed by atoms with Crippen molar-refractivity contribution in [3.8, 4) is 0 Å². The molecule has 0 aromatic carbocycles. The Morgan fingerprint density at radius 1 is 0.615 bits per heavy atom. The highest BCUT2D eigenvalue weighted by Gasteiger charge is 1.93. The molecule has 0 aliphatic carbocycles. The van der Waals surface area contributed by atoms with Crippen LogP contribution in [-0.2, 0) is 9.47 Å². The van der Waals surface area contributed by atoms with Crippen LogP contribution < -0.4 is 10.6 Å². The molecule has 2 N–H and O–H groups in total. The van der Waals surface area contributed by atoms with Gasteiger partial charge in [-0.15, -0.1) is 17.0 Å². The monoisotopic (exact) mass is 254 g/mol. The molecule has 0 radical (unpaired) electrons. The lowest BCUT2D eigenvalue weighted by molar-refractivity contribution is 0.109. The summed E-state index contributed by atoms with van der Waals surface area (Å²) in [7, 11) is 0. The van der Waals surface area contributed by atoms with E-state index < -0.39 is 0 Å². The van der Waals surface area contributed by atoms with Crippen molar-refractivity contribution in [2.24, 2.45) is 0 Å². The van der Waals surface area contributed by atoms with E-state index in [0.717, 1.165) is 52.6 Å². The van der Waals surface area contributed by atoms with Crippen molar-refractivity contribution in [1.82, 2.24) is 10.6 Å². The van der Waals surface area contributed by atoms with E-state index in [1.807, 2.05) is 0 Å². The molecule has 0 atom stereocenters. The van der Waals surface area contributed by atoms with Crippen LogP contribution in [0.4, 0.5) is 0 Å². The maximum absolute atomic E-state index is 5.01. The summed E-state index contributed by atoms with van der Waals surface area (Å²) in [6.45, 7) is 7.67. The number of ether oxygens (including phenoxy) is 2. The van der Waals surface area contributed by atoms with E-state index in [0.29, 0.717) is 0 Å². The first kappa shape index (κ1) is 13.3. The third kappa shape index (κ3) is 8.64. The summed E-state index contributed by atoms with van der Waals surface area (Å²) in [5.41, 5.74) is 0. The van der Waals surface area contributed by atoms with Gasteiger partial charge in [-0.3, -0.25) is 0 Å². The Morgan fingerprint density at radius 3 is 1.00 bits per heavy atom. The van der Waals surface area contributed by atoms with Gasteiger partial charge in [0.1, 0.15) is 0 Å². The van der Waals surface area contributed by atoms with Gasteiger partial charge in [0.05, 0.1) is 26.4 Å². The molecule has 5 heteroatoms. The molecule has 0 amide bonds. The zero-order valence-corrected chi connectivity index (χ0v) is 9.59. The molecule has 4 nitrogen and oxygen atoms in total. The summed E-state index contributed by atoms with van der Waals surface area (Å²) in [5, 5.41) is 6.32. The Kier molecular flexibility index (Phi) is 10.7. The molecular weight excluding hydrogens is 236 g/mol. The Labute approximate surface area is 90.1 Å². The largest absolute Gasteiger partial charge is 0.379 e. The van der Waals surface area contributed by atoms with E-state index in [-0.39, 0.29) is 17.0 Å². The van der Waals surface area contributed by atoms with Crippen molar-refractivity contribution < 1.29 is 9.47 Å². The fourth-order valence-corrected chi connectivity index (χ4v) is 1.03. The summed E-state index contributed by atoms with van der Waals surface area (Å²) in [5.74, 6) is 0. The smallest absolute Gasteiger partial charge is 0.0591 e. The molecular formula is C8H19BrN2O2. The highest BCUT2D eigenvalue weighted by molar-refractivity contribution is 8.93. The standard InChI is InChI=1S/2C4H9NO.BrH/c2*1-3-6-4-2-5-1;/h2*5H,1-4H2;1H. The summed E-state index contributed by atoms with van der Waals surface area (Å²) < 4.78 is 10.0. The average Bonchev–Trinajstić information content (AvgIpc) is 2.24. The van der Waals surface area contributed by atoms with Gasteiger partial charge in [0.25, 0.3) is 0 Å². The Bertz CT molecular complexity index is 63.1. The molecule has 0 saturated carbocycles. The second kappa shape index (κ2) is 10.4. The number of morpholine rings is 2. The maximum atomic E-state index is 5.01.